The third-order valence-corrected chi connectivity index (χ3v) is 4.35. The Balaban J connectivity index is 1.73. The van der Waals surface area contributed by atoms with Crippen LogP contribution in [0.5, 0.6) is 0 Å². The molecule has 0 radical (unpaired) electrons. The molecule has 26 heavy (non-hydrogen) atoms. The summed E-state index contributed by atoms with van der Waals surface area (Å²) in [7, 11) is 0. The van der Waals surface area contributed by atoms with Crippen LogP contribution in [0.25, 0.3) is 11.4 Å². The van der Waals surface area contributed by atoms with Crippen molar-refractivity contribution in [2.24, 2.45) is 0 Å². The molecule has 3 aromatic rings. The lowest BCUT2D eigenvalue weighted by molar-refractivity contribution is -0.135. The molecule has 0 aliphatic carbocycles. The highest BCUT2D eigenvalue weighted by Crippen LogP contribution is 2.22. The third kappa shape index (κ3) is 4.84. The van der Waals surface area contributed by atoms with Gasteiger partial charge in [-0.15, -0.1) is 11.3 Å². The van der Waals surface area contributed by atoms with Crippen molar-refractivity contribution in [3.05, 3.63) is 52.0 Å². The number of aromatic nitrogens is 3. The number of hydrogen-bond acceptors (Lipinski definition) is 7. The van der Waals surface area contributed by atoms with Crippen molar-refractivity contribution >= 4 is 28.9 Å². The largest absolute Gasteiger partial charge is 0.480 e. The number of hydrogen-bond donors (Lipinski definition) is 3. The van der Waals surface area contributed by atoms with Crippen LogP contribution in [-0.4, -0.2) is 32.6 Å². The first-order valence-corrected chi connectivity index (χ1v) is 8.93. The molecule has 0 unspecified atom stereocenters. The Labute approximate surface area is 155 Å². The van der Waals surface area contributed by atoms with Crippen LogP contribution in [0.4, 0.5) is 11.6 Å². The molecule has 0 saturated carbocycles. The summed E-state index contributed by atoms with van der Waals surface area (Å²) in [5.74, 6) is -0.384. The van der Waals surface area contributed by atoms with E-state index in [1.165, 1.54) is 22.5 Å². The molecule has 134 valence electrons. The van der Waals surface area contributed by atoms with Crippen LogP contribution in [0.2, 0.25) is 0 Å². The van der Waals surface area contributed by atoms with Crippen LogP contribution in [-0.2, 0) is 11.3 Å². The van der Waals surface area contributed by atoms with Gasteiger partial charge in [0.1, 0.15) is 10.7 Å². The number of anilines is 2. The molecule has 0 amide bonds. The molecule has 0 saturated heterocycles. The van der Waals surface area contributed by atoms with E-state index in [1.807, 2.05) is 31.4 Å². The lowest BCUT2D eigenvalue weighted by atomic mass is 10.1. The number of nitrogens with one attached hydrogen (secondary N) is 2. The number of aliphatic carboxylic acids is 1. The van der Waals surface area contributed by atoms with Crippen LogP contribution < -0.4 is 10.6 Å². The topological polar surface area (TPSA) is 100 Å². The summed E-state index contributed by atoms with van der Waals surface area (Å²) in [6.07, 6.45) is 1.69. The summed E-state index contributed by atoms with van der Waals surface area (Å²) >= 11 is 1.46. The van der Waals surface area contributed by atoms with Gasteiger partial charge in [0, 0.05) is 23.8 Å². The van der Waals surface area contributed by atoms with E-state index < -0.39 is 5.97 Å². The Morgan fingerprint density at radius 3 is 2.65 bits per heavy atom. The van der Waals surface area contributed by atoms with E-state index in [0.29, 0.717) is 18.2 Å². The predicted molar refractivity (Wildman–Crippen MR) is 102 cm³/mol. The van der Waals surface area contributed by atoms with Gasteiger partial charge in [0.2, 0.25) is 5.95 Å². The Kier molecular flexibility index (Phi) is 5.55. The first-order valence-electron chi connectivity index (χ1n) is 8.05. The molecule has 0 aliphatic heterocycles. The van der Waals surface area contributed by atoms with Gasteiger partial charge in [0.15, 0.2) is 0 Å². The average Bonchev–Trinajstić information content (AvgIpc) is 3.03. The van der Waals surface area contributed by atoms with Gasteiger partial charge in [0.05, 0.1) is 12.2 Å². The first kappa shape index (κ1) is 18.0. The molecule has 0 atom stereocenters. The second-order valence-corrected chi connectivity index (χ2v) is 6.83. The van der Waals surface area contributed by atoms with Crippen LogP contribution in [0.1, 0.15) is 16.1 Å². The van der Waals surface area contributed by atoms with Gasteiger partial charge in [0.25, 0.3) is 0 Å². The summed E-state index contributed by atoms with van der Waals surface area (Å²) in [5.41, 5.74) is 4.74. The van der Waals surface area contributed by atoms with Gasteiger partial charge in [-0.2, -0.15) is 0 Å². The van der Waals surface area contributed by atoms with Gasteiger partial charge < -0.3 is 15.7 Å². The molecule has 1 aromatic carbocycles. The maximum Gasteiger partial charge on any atom is 0.317 e. The van der Waals surface area contributed by atoms with Crippen molar-refractivity contribution in [3.8, 4) is 11.4 Å². The molecule has 0 fully saturated rings. The molecule has 2 heterocycles. The molecular formula is C18H19N5O2S. The van der Waals surface area contributed by atoms with E-state index in [4.69, 9.17) is 5.11 Å². The van der Waals surface area contributed by atoms with Crippen LogP contribution >= 0.6 is 11.3 Å². The summed E-state index contributed by atoms with van der Waals surface area (Å²) < 4.78 is 0. The van der Waals surface area contributed by atoms with Crippen molar-refractivity contribution in [2.45, 2.75) is 20.4 Å². The summed E-state index contributed by atoms with van der Waals surface area (Å²) in [4.78, 5) is 23.8. The minimum atomic E-state index is -0.889. The predicted octanol–water partition coefficient (Wildman–Crippen LogP) is 3.13. The number of carboxylic acid groups (broad SMARTS) is 1. The number of benzene rings is 1. The number of carbonyl (C=O) groups is 1. The monoisotopic (exact) mass is 369 g/mol. The molecule has 0 aliphatic rings. The van der Waals surface area contributed by atoms with Crippen molar-refractivity contribution in [3.63, 3.8) is 0 Å². The van der Waals surface area contributed by atoms with Crippen molar-refractivity contribution in [1.29, 1.82) is 0 Å². The minimum Gasteiger partial charge on any atom is -0.480 e. The summed E-state index contributed by atoms with van der Waals surface area (Å²) in [5, 5.41) is 17.4. The highest BCUT2D eigenvalue weighted by molar-refractivity contribution is 7.09. The van der Waals surface area contributed by atoms with E-state index in [0.717, 1.165) is 16.4 Å². The van der Waals surface area contributed by atoms with Crippen molar-refractivity contribution in [1.82, 2.24) is 20.3 Å². The molecule has 0 bridgehead atoms. The number of carboxylic acids is 1. The highest BCUT2D eigenvalue weighted by atomic mass is 32.1. The summed E-state index contributed by atoms with van der Waals surface area (Å²) in [6, 6.07) is 7.99. The standard InChI is InChI=1S/C18H19N5O2S/c1-11-5-12(2)7-13(6-11)21-18-20-4-3-14(23-18)15-10-26-16(22-15)8-19-9-17(24)25/h3-7,10,19H,8-9H2,1-2H3,(H,24,25)(H,20,21,23). The summed E-state index contributed by atoms with van der Waals surface area (Å²) in [6.45, 7) is 4.41. The zero-order chi connectivity index (χ0) is 18.5. The SMILES string of the molecule is Cc1cc(C)cc(Nc2nccc(-c3csc(CNCC(=O)O)n3)n2)c1. The van der Waals surface area contributed by atoms with E-state index in [9.17, 15) is 4.79 Å². The number of nitrogens with zero attached hydrogens (tertiary/aromatic N) is 3. The van der Waals surface area contributed by atoms with E-state index in [2.05, 4.69) is 31.7 Å². The normalized spacial score (nSPS) is 10.7. The lowest BCUT2D eigenvalue weighted by Gasteiger charge is -2.07. The van der Waals surface area contributed by atoms with Gasteiger partial charge in [-0.25, -0.2) is 15.0 Å². The van der Waals surface area contributed by atoms with Crippen LogP contribution in [0.3, 0.4) is 0 Å². The molecule has 8 heteroatoms. The van der Waals surface area contributed by atoms with Crippen molar-refractivity contribution in [2.75, 3.05) is 11.9 Å². The van der Waals surface area contributed by atoms with E-state index in [1.54, 1.807) is 12.3 Å². The van der Waals surface area contributed by atoms with Gasteiger partial charge >= 0.3 is 5.97 Å². The lowest BCUT2D eigenvalue weighted by Crippen LogP contribution is -2.21. The highest BCUT2D eigenvalue weighted by Gasteiger charge is 2.08. The molecular weight excluding hydrogens is 350 g/mol. The maximum atomic E-state index is 10.5. The minimum absolute atomic E-state index is 0.0909. The van der Waals surface area contributed by atoms with Gasteiger partial charge in [-0.1, -0.05) is 6.07 Å². The fourth-order valence-corrected chi connectivity index (χ4v) is 3.28. The fraction of sp³-hybridized carbons (Fsp3) is 0.222. The molecule has 7 nitrogen and oxygen atoms in total. The molecule has 3 N–H and O–H groups in total. The Morgan fingerprint density at radius 1 is 1.15 bits per heavy atom. The Bertz CT molecular complexity index is 905. The smallest absolute Gasteiger partial charge is 0.317 e. The zero-order valence-electron chi connectivity index (χ0n) is 14.5. The maximum absolute atomic E-state index is 10.5. The number of aryl methyl sites for hydroxylation is 2. The number of thiazole rings is 1. The van der Waals surface area contributed by atoms with E-state index in [-0.39, 0.29) is 6.54 Å². The Hall–Kier alpha value is -2.84. The van der Waals surface area contributed by atoms with E-state index >= 15 is 0 Å². The Morgan fingerprint density at radius 2 is 1.92 bits per heavy atom. The second-order valence-electron chi connectivity index (χ2n) is 5.89. The van der Waals surface area contributed by atoms with Gasteiger partial charge in [-0.3, -0.25) is 4.79 Å². The van der Waals surface area contributed by atoms with Crippen LogP contribution in [0, 0.1) is 13.8 Å². The quantitative estimate of drug-likeness (QED) is 0.588. The fourth-order valence-electron chi connectivity index (χ4n) is 2.52. The molecule has 2 aromatic heterocycles. The molecule has 0 spiro atoms. The average molecular weight is 369 g/mol. The second kappa shape index (κ2) is 8.03. The van der Waals surface area contributed by atoms with Crippen molar-refractivity contribution < 1.29 is 9.90 Å². The number of rotatable bonds is 7. The van der Waals surface area contributed by atoms with Crippen LogP contribution in [0.15, 0.2) is 35.8 Å². The zero-order valence-corrected chi connectivity index (χ0v) is 15.3. The van der Waals surface area contributed by atoms with Gasteiger partial charge in [-0.05, 0) is 43.2 Å². The molecule has 3 rings (SSSR count). The first-order chi connectivity index (χ1) is 12.5. The third-order valence-electron chi connectivity index (χ3n) is 3.50.